The Hall–Kier alpha value is -3.19. The first kappa shape index (κ1) is 24.9. The Balaban J connectivity index is 1.98. The highest BCUT2D eigenvalue weighted by Gasteiger charge is 2.47. The van der Waals surface area contributed by atoms with Gasteiger partial charge >= 0.3 is 0 Å². The Bertz CT molecular complexity index is 1340. The Morgan fingerprint density at radius 1 is 1.00 bits per heavy atom. The molecular weight excluding hydrogens is 513 g/mol. The van der Waals surface area contributed by atoms with Crippen LogP contribution >= 0.6 is 34.8 Å². The van der Waals surface area contributed by atoms with Crippen LogP contribution in [0, 0.1) is 0 Å². The van der Waals surface area contributed by atoms with Gasteiger partial charge in [-0.3, -0.25) is 14.5 Å². The van der Waals surface area contributed by atoms with Gasteiger partial charge in [0, 0.05) is 15.7 Å². The van der Waals surface area contributed by atoms with Crippen molar-refractivity contribution in [3.63, 3.8) is 0 Å². The number of anilines is 1. The topological polar surface area (TPSA) is 76.1 Å². The van der Waals surface area contributed by atoms with Crippen LogP contribution in [0.5, 0.6) is 11.5 Å². The van der Waals surface area contributed by atoms with Gasteiger partial charge < -0.3 is 14.6 Å². The zero-order valence-electron chi connectivity index (χ0n) is 18.7. The molecule has 1 amide bonds. The number of methoxy groups -OCH3 is 1. The summed E-state index contributed by atoms with van der Waals surface area (Å²) in [5, 5.41) is 12.1. The second kappa shape index (κ2) is 10.2. The first-order chi connectivity index (χ1) is 16.8. The Morgan fingerprint density at radius 3 is 2.34 bits per heavy atom. The number of hydrogen-bond acceptors (Lipinski definition) is 5. The number of aliphatic hydroxyl groups excluding tert-OH is 1. The fourth-order valence-electron chi connectivity index (χ4n) is 4.04. The Kier molecular flexibility index (Phi) is 7.26. The number of rotatable bonds is 6. The van der Waals surface area contributed by atoms with Crippen molar-refractivity contribution in [3.05, 3.63) is 92.4 Å². The number of carbonyl (C=O) groups is 2. The predicted octanol–water partition coefficient (Wildman–Crippen LogP) is 6.68. The van der Waals surface area contributed by atoms with Crippen LogP contribution in [-0.2, 0) is 9.59 Å². The van der Waals surface area contributed by atoms with Crippen LogP contribution in [0.15, 0.2) is 66.2 Å². The fraction of sp³-hybridized carbons (Fsp3) is 0.154. The molecule has 1 N–H and O–H groups in total. The summed E-state index contributed by atoms with van der Waals surface area (Å²) in [7, 11) is 1.38. The van der Waals surface area contributed by atoms with Gasteiger partial charge in [-0.1, -0.05) is 53.0 Å². The number of ether oxygens (including phenoxy) is 2. The van der Waals surface area contributed by atoms with Gasteiger partial charge in [0.1, 0.15) is 17.3 Å². The molecule has 1 fully saturated rings. The SMILES string of the molecule is CCOc1ccc(C2/C(=C(\O)c3cc(Cl)cc(Cl)c3OC)C(=O)C(=O)N2c2cccc(Cl)c2)cc1. The second-order valence-electron chi connectivity index (χ2n) is 7.62. The Labute approximate surface area is 217 Å². The van der Waals surface area contributed by atoms with E-state index in [4.69, 9.17) is 44.3 Å². The van der Waals surface area contributed by atoms with Gasteiger partial charge in [0.25, 0.3) is 11.7 Å². The van der Waals surface area contributed by atoms with Gasteiger partial charge in [-0.15, -0.1) is 0 Å². The third-order valence-electron chi connectivity index (χ3n) is 5.51. The minimum absolute atomic E-state index is 0.0880. The normalized spacial score (nSPS) is 17.1. The van der Waals surface area contributed by atoms with Crippen molar-refractivity contribution in [2.75, 3.05) is 18.6 Å². The molecule has 6 nitrogen and oxygen atoms in total. The standard InChI is InChI=1S/C26H20Cl3NO5/c1-3-35-18-9-7-14(8-10-18)22-21(23(31)19-12-16(28)13-20(29)25(19)34-2)24(32)26(33)30(22)17-6-4-5-15(27)11-17/h4-13,22,31H,3H2,1-2H3/b23-21+. The number of Topliss-reactive ketones (excluding diaryl/α,β-unsaturated/α-hetero) is 1. The fourth-order valence-corrected chi connectivity index (χ4v) is 4.80. The summed E-state index contributed by atoms with van der Waals surface area (Å²) in [6.45, 7) is 2.35. The van der Waals surface area contributed by atoms with Gasteiger partial charge in [0.05, 0.1) is 35.9 Å². The van der Waals surface area contributed by atoms with Crippen LogP contribution in [0.1, 0.15) is 24.1 Å². The zero-order valence-corrected chi connectivity index (χ0v) is 21.0. The van der Waals surface area contributed by atoms with Gasteiger partial charge in [-0.25, -0.2) is 0 Å². The molecule has 9 heteroatoms. The van der Waals surface area contributed by atoms with Crippen molar-refractivity contribution in [2.24, 2.45) is 0 Å². The van der Waals surface area contributed by atoms with Crippen molar-refractivity contribution in [1.29, 1.82) is 0 Å². The van der Waals surface area contributed by atoms with E-state index in [9.17, 15) is 14.7 Å². The number of hydrogen-bond donors (Lipinski definition) is 1. The molecule has 0 radical (unpaired) electrons. The van der Waals surface area contributed by atoms with Crippen LogP contribution in [0.4, 0.5) is 5.69 Å². The molecule has 1 heterocycles. The Morgan fingerprint density at radius 2 is 1.71 bits per heavy atom. The number of halogens is 3. The molecule has 3 aromatic rings. The zero-order chi connectivity index (χ0) is 25.3. The molecular formula is C26H20Cl3NO5. The number of ketones is 1. The largest absolute Gasteiger partial charge is 0.507 e. The second-order valence-corrected chi connectivity index (χ2v) is 8.90. The lowest BCUT2D eigenvalue weighted by molar-refractivity contribution is -0.132. The molecule has 0 aromatic heterocycles. The molecule has 1 unspecified atom stereocenters. The maximum Gasteiger partial charge on any atom is 0.300 e. The summed E-state index contributed by atoms with van der Waals surface area (Å²) in [5.74, 6) is -1.42. The highest BCUT2D eigenvalue weighted by Crippen LogP contribution is 2.45. The number of aliphatic hydroxyl groups is 1. The molecule has 3 aromatic carbocycles. The van der Waals surface area contributed by atoms with E-state index >= 15 is 0 Å². The smallest absolute Gasteiger partial charge is 0.300 e. The third-order valence-corrected chi connectivity index (χ3v) is 6.24. The average Bonchev–Trinajstić information content (AvgIpc) is 3.09. The number of amides is 1. The minimum Gasteiger partial charge on any atom is -0.507 e. The maximum absolute atomic E-state index is 13.3. The van der Waals surface area contributed by atoms with Crippen molar-refractivity contribution in [1.82, 2.24) is 0 Å². The average molecular weight is 533 g/mol. The molecule has 1 saturated heterocycles. The lowest BCUT2D eigenvalue weighted by Gasteiger charge is -2.26. The van der Waals surface area contributed by atoms with Gasteiger partial charge in [-0.05, 0) is 55.0 Å². The first-order valence-corrected chi connectivity index (χ1v) is 11.7. The molecule has 180 valence electrons. The highest BCUT2D eigenvalue weighted by molar-refractivity contribution is 6.52. The van der Waals surface area contributed by atoms with E-state index in [1.165, 1.54) is 24.1 Å². The van der Waals surface area contributed by atoms with Crippen LogP contribution in [0.2, 0.25) is 15.1 Å². The maximum atomic E-state index is 13.3. The molecule has 4 rings (SSSR count). The quantitative estimate of drug-likeness (QED) is 0.218. The van der Waals surface area contributed by atoms with E-state index < -0.39 is 23.5 Å². The van der Waals surface area contributed by atoms with E-state index in [2.05, 4.69) is 0 Å². The summed E-state index contributed by atoms with van der Waals surface area (Å²) in [4.78, 5) is 27.9. The van der Waals surface area contributed by atoms with E-state index in [1.807, 2.05) is 6.92 Å². The number of benzene rings is 3. The summed E-state index contributed by atoms with van der Waals surface area (Å²) in [6.07, 6.45) is 0. The van der Waals surface area contributed by atoms with Crippen molar-refractivity contribution in [3.8, 4) is 11.5 Å². The van der Waals surface area contributed by atoms with Crippen LogP contribution in [0.25, 0.3) is 5.76 Å². The predicted molar refractivity (Wildman–Crippen MR) is 137 cm³/mol. The van der Waals surface area contributed by atoms with Crippen molar-refractivity contribution >= 4 is 57.9 Å². The van der Waals surface area contributed by atoms with Crippen molar-refractivity contribution < 1.29 is 24.2 Å². The molecule has 0 bridgehead atoms. The highest BCUT2D eigenvalue weighted by atomic mass is 35.5. The minimum atomic E-state index is -0.966. The summed E-state index contributed by atoms with van der Waals surface area (Å²) >= 11 is 18.6. The molecule has 1 aliphatic heterocycles. The molecule has 0 saturated carbocycles. The molecule has 1 atom stereocenters. The number of nitrogens with zero attached hydrogens (tertiary/aromatic N) is 1. The van der Waals surface area contributed by atoms with Gasteiger partial charge in [0.2, 0.25) is 0 Å². The first-order valence-electron chi connectivity index (χ1n) is 10.6. The van der Waals surface area contributed by atoms with E-state index in [0.717, 1.165) is 0 Å². The van der Waals surface area contributed by atoms with Crippen LogP contribution < -0.4 is 14.4 Å². The summed E-state index contributed by atoms with van der Waals surface area (Å²) in [5.41, 5.74) is 0.913. The lowest BCUT2D eigenvalue weighted by Crippen LogP contribution is -2.29. The number of carbonyl (C=O) groups excluding carboxylic acids is 2. The van der Waals surface area contributed by atoms with Crippen LogP contribution in [0.3, 0.4) is 0 Å². The molecule has 0 spiro atoms. The van der Waals surface area contributed by atoms with Gasteiger partial charge in [-0.2, -0.15) is 0 Å². The lowest BCUT2D eigenvalue weighted by atomic mass is 9.94. The van der Waals surface area contributed by atoms with Crippen LogP contribution in [-0.4, -0.2) is 30.5 Å². The van der Waals surface area contributed by atoms with E-state index in [1.54, 1.807) is 48.5 Å². The third kappa shape index (κ3) is 4.69. The van der Waals surface area contributed by atoms with Crippen molar-refractivity contribution in [2.45, 2.75) is 13.0 Å². The summed E-state index contributed by atoms with van der Waals surface area (Å²) < 4.78 is 10.9. The molecule has 35 heavy (non-hydrogen) atoms. The molecule has 0 aliphatic carbocycles. The molecule has 1 aliphatic rings. The summed E-state index contributed by atoms with van der Waals surface area (Å²) in [6, 6.07) is 15.4. The van der Waals surface area contributed by atoms with Gasteiger partial charge in [0.15, 0.2) is 0 Å². The monoisotopic (exact) mass is 531 g/mol. The van der Waals surface area contributed by atoms with E-state index in [-0.39, 0.29) is 26.9 Å². The van der Waals surface area contributed by atoms with E-state index in [0.29, 0.717) is 28.6 Å².